The smallest absolute Gasteiger partial charge is 0.256 e. The summed E-state index contributed by atoms with van der Waals surface area (Å²) in [5.41, 5.74) is 2.51. The van der Waals surface area contributed by atoms with E-state index in [1.165, 1.54) is 18.5 Å². The van der Waals surface area contributed by atoms with Gasteiger partial charge in [-0.1, -0.05) is 0 Å². The number of carbonyl (C=O) groups excluding carboxylic acids is 1. The first-order chi connectivity index (χ1) is 20.5. The second kappa shape index (κ2) is 13.3. The van der Waals surface area contributed by atoms with Crippen molar-refractivity contribution in [3.05, 3.63) is 66.1 Å². The van der Waals surface area contributed by atoms with E-state index in [0.717, 1.165) is 34.8 Å². The molecule has 1 amide bonds. The van der Waals surface area contributed by atoms with Gasteiger partial charge in [-0.15, -0.1) is 0 Å². The Morgan fingerprint density at radius 1 is 1.21 bits per heavy atom. The number of benzene rings is 1. The molecule has 0 saturated carbocycles. The molecule has 11 nitrogen and oxygen atoms in total. The summed E-state index contributed by atoms with van der Waals surface area (Å²) in [7, 11) is 0. The number of rotatable bonds is 11. The minimum atomic E-state index is -0.707. The summed E-state index contributed by atoms with van der Waals surface area (Å²) in [4.78, 5) is 29.1. The van der Waals surface area contributed by atoms with Crippen molar-refractivity contribution < 1.29 is 14.3 Å². The maximum Gasteiger partial charge on any atom is 0.256 e. The van der Waals surface area contributed by atoms with Crippen molar-refractivity contribution in [2.75, 3.05) is 32.8 Å². The van der Waals surface area contributed by atoms with Gasteiger partial charge in [-0.05, 0) is 49.9 Å². The van der Waals surface area contributed by atoms with Crippen LogP contribution in [0.1, 0.15) is 54.1 Å². The number of nitrogens with one attached hydrogen (secondary N) is 1. The molecule has 0 spiro atoms. The maximum atomic E-state index is 14.6. The van der Waals surface area contributed by atoms with Crippen LogP contribution in [0, 0.1) is 28.5 Å². The standard InChI is InChI=1S/C30H32FN9O2/c31-27-14-21(15-33)6-7-25(27)30(42)39-12-11-38(23(18-39)5-3-13-41)19-24(4-1-2-9-32)40-17-22(16-37-40)28-26-8-10-34-29(26)36-20-35-28/h6-8,10,14,16-17,20,23-24,41H,1-5,11-13,18-19H2,(H,34,35,36). The van der Waals surface area contributed by atoms with Crippen LogP contribution in [0.25, 0.3) is 22.3 Å². The summed E-state index contributed by atoms with van der Waals surface area (Å²) in [6, 6.07) is 9.86. The SMILES string of the molecule is N#CCCCC(CN1CCN(C(=O)c2ccc(C#N)cc2F)CC1CCCO)n1cc(-c2ncnc3[nH]ccc23)cn1. The predicted molar refractivity (Wildman–Crippen MR) is 152 cm³/mol. The molecule has 1 aromatic carbocycles. The Kier molecular flexibility index (Phi) is 9.17. The minimum Gasteiger partial charge on any atom is -0.396 e. The zero-order chi connectivity index (χ0) is 29.5. The lowest BCUT2D eigenvalue weighted by Gasteiger charge is -2.43. The Labute approximate surface area is 242 Å². The highest BCUT2D eigenvalue weighted by atomic mass is 19.1. The van der Waals surface area contributed by atoms with E-state index < -0.39 is 11.7 Å². The maximum absolute atomic E-state index is 14.6. The van der Waals surface area contributed by atoms with Gasteiger partial charge in [0.2, 0.25) is 0 Å². The van der Waals surface area contributed by atoms with E-state index in [-0.39, 0.29) is 29.8 Å². The number of unbranched alkanes of at least 4 members (excludes halogenated alkanes) is 1. The third kappa shape index (κ3) is 6.30. The number of nitrogens with zero attached hydrogens (tertiary/aromatic N) is 8. The lowest BCUT2D eigenvalue weighted by Crippen LogP contribution is -2.56. The normalized spacial score (nSPS) is 16.3. The molecular weight excluding hydrogens is 537 g/mol. The number of halogens is 1. The number of hydrogen-bond acceptors (Lipinski definition) is 8. The molecule has 42 heavy (non-hydrogen) atoms. The molecule has 0 bridgehead atoms. The van der Waals surface area contributed by atoms with Gasteiger partial charge in [-0.3, -0.25) is 14.4 Å². The number of H-pyrrole nitrogens is 1. The van der Waals surface area contributed by atoms with Crippen LogP contribution in [0.15, 0.2) is 49.2 Å². The second-order valence-electron chi connectivity index (χ2n) is 10.4. The average molecular weight is 570 g/mol. The first-order valence-corrected chi connectivity index (χ1v) is 14.1. The molecule has 4 heterocycles. The van der Waals surface area contributed by atoms with Crippen molar-refractivity contribution >= 4 is 16.9 Å². The Balaban J connectivity index is 1.35. The van der Waals surface area contributed by atoms with Crippen LogP contribution in [0.3, 0.4) is 0 Å². The third-order valence-corrected chi connectivity index (χ3v) is 7.79. The summed E-state index contributed by atoms with van der Waals surface area (Å²) in [5, 5.41) is 33.4. The van der Waals surface area contributed by atoms with E-state index in [1.807, 2.05) is 29.2 Å². The van der Waals surface area contributed by atoms with Gasteiger partial charge in [0.1, 0.15) is 17.8 Å². The fourth-order valence-electron chi connectivity index (χ4n) is 5.60. The zero-order valence-corrected chi connectivity index (χ0v) is 23.2. The van der Waals surface area contributed by atoms with Gasteiger partial charge < -0.3 is 15.0 Å². The van der Waals surface area contributed by atoms with E-state index in [9.17, 15) is 14.3 Å². The van der Waals surface area contributed by atoms with Crippen LogP contribution >= 0.6 is 0 Å². The lowest BCUT2D eigenvalue weighted by molar-refractivity contribution is 0.0387. The van der Waals surface area contributed by atoms with Crippen molar-refractivity contribution in [3.8, 4) is 23.4 Å². The summed E-state index contributed by atoms with van der Waals surface area (Å²) >= 11 is 0. The van der Waals surface area contributed by atoms with Crippen LogP contribution in [-0.4, -0.2) is 84.4 Å². The highest BCUT2D eigenvalue weighted by Crippen LogP contribution is 2.28. The summed E-state index contributed by atoms with van der Waals surface area (Å²) in [6.07, 6.45) is 10.2. The van der Waals surface area contributed by atoms with Crippen molar-refractivity contribution in [1.82, 2.24) is 34.5 Å². The Morgan fingerprint density at radius 2 is 2.10 bits per heavy atom. The Morgan fingerprint density at radius 3 is 2.88 bits per heavy atom. The molecule has 5 rings (SSSR count). The van der Waals surface area contributed by atoms with Crippen LogP contribution < -0.4 is 0 Å². The van der Waals surface area contributed by atoms with E-state index in [2.05, 4.69) is 31.0 Å². The zero-order valence-electron chi connectivity index (χ0n) is 23.2. The van der Waals surface area contributed by atoms with Gasteiger partial charge in [0.25, 0.3) is 5.91 Å². The van der Waals surface area contributed by atoms with Crippen LogP contribution in [0.2, 0.25) is 0 Å². The monoisotopic (exact) mass is 569 g/mol. The third-order valence-electron chi connectivity index (χ3n) is 7.79. The number of amides is 1. The van der Waals surface area contributed by atoms with E-state index >= 15 is 0 Å². The molecule has 1 aliphatic rings. The highest BCUT2D eigenvalue weighted by molar-refractivity contribution is 5.94. The van der Waals surface area contributed by atoms with Crippen LogP contribution in [-0.2, 0) is 0 Å². The molecule has 216 valence electrons. The fourth-order valence-corrected chi connectivity index (χ4v) is 5.60. The number of aromatic nitrogens is 5. The molecule has 0 aliphatic carbocycles. The molecule has 12 heteroatoms. The van der Waals surface area contributed by atoms with E-state index in [0.29, 0.717) is 51.9 Å². The summed E-state index contributed by atoms with van der Waals surface area (Å²) in [5.74, 6) is -1.12. The first-order valence-electron chi connectivity index (χ1n) is 14.1. The van der Waals surface area contributed by atoms with Gasteiger partial charge >= 0.3 is 0 Å². The average Bonchev–Trinajstić information content (AvgIpc) is 3.70. The van der Waals surface area contributed by atoms with Gasteiger partial charge in [0, 0.05) is 68.6 Å². The van der Waals surface area contributed by atoms with Crippen molar-refractivity contribution in [2.24, 2.45) is 0 Å². The molecule has 2 atom stereocenters. The van der Waals surface area contributed by atoms with E-state index in [1.54, 1.807) is 11.1 Å². The predicted octanol–water partition coefficient (Wildman–Crippen LogP) is 3.67. The molecule has 1 saturated heterocycles. The Bertz CT molecular complexity index is 1620. The topological polar surface area (TPSA) is 151 Å². The minimum absolute atomic E-state index is 0.0310. The summed E-state index contributed by atoms with van der Waals surface area (Å²) < 4.78 is 16.6. The number of aromatic amines is 1. The molecule has 1 aliphatic heterocycles. The molecular formula is C30H32FN9O2. The van der Waals surface area contributed by atoms with Gasteiger partial charge in [-0.2, -0.15) is 15.6 Å². The van der Waals surface area contributed by atoms with Gasteiger partial charge in [0.15, 0.2) is 0 Å². The molecule has 2 unspecified atom stereocenters. The van der Waals surface area contributed by atoms with Crippen molar-refractivity contribution in [2.45, 2.75) is 44.2 Å². The molecule has 3 aromatic heterocycles. The molecule has 1 fully saturated rings. The van der Waals surface area contributed by atoms with E-state index in [4.69, 9.17) is 10.5 Å². The molecule has 2 N–H and O–H groups in total. The van der Waals surface area contributed by atoms with Crippen molar-refractivity contribution in [3.63, 3.8) is 0 Å². The number of hydrogen-bond donors (Lipinski definition) is 2. The van der Waals surface area contributed by atoms with Crippen LogP contribution in [0.5, 0.6) is 0 Å². The lowest BCUT2D eigenvalue weighted by atomic mass is 10.0. The van der Waals surface area contributed by atoms with Gasteiger partial charge in [0.05, 0.1) is 41.2 Å². The second-order valence-corrected chi connectivity index (χ2v) is 10.4. The Hall–Kier alpha value is -4.65. The first kappa shape index (κ1) is 28.9. The number of aliphatic hydroxyl groups excluding tert-OH is 1. The van der Waals surface area contributed by atoms with Crippen LogP contribution in [0.4, 0.5) is 4.39 Å². The number of piperazine rings is 1. The highest BCUT2D eigenvalue weighted by Gasteiger charge is 2.32. The summed E-state index contributed by atoms with van der Waals surface area (Å²) in [6.45, 7) is 2.04. The number of aliphatic hydroxyl groups is 1. The number of fused-ring (bicyclic) bond motifs is 1. The van der Waals surface area contributed by atoms with Crippen molar-refractivity contribution in [1.29, 1.82) is 10.5 Å². The fraction of sp³-hybridized carbons (Fsp3) is 0.400. The number of nitriles is 2. The molecule has 4 aromatic rings. The number of carbonyl (C=O) groups is 1. The molecule has 0 radical (unpaired) electrons. The largest absolute Gasteiger partial charge is 0.396 e. The quantitative estimate of drug-likeness (QED) is 0.260. The van der Waals surface area contributed by atoms with Gasteiger partial charge in [-0.25, -0.2) is 14.4 Å².